The zero-order chi connectivity index (χ0) is 11.5. The minimum atomic E-state index is -0.175. The maximum atomic E-state index is 11.1. The number of thioether (sulfide) groups is 1. The Kier molecular flexibility index (Phi) is 3.14. The molecule has 0 aliphatic heterocycles. The average molecular weight is 235 g/mol. The van der Waals surface area contributed by atoms with Gasteiger partial charge in [-0.1, -0.05) is 41.6 Å². The molecule has 0 unspecified atom stereocenters. The molecule has 0 fully saturated rings. The van der Waals surface area contributed by atoms with Crippen LogP contribution in [0.15, 0.2) is 34.2 Å². The maximum absolute atomic E-state index is 11.1. The van der Waals surface area contributed by atoms with Crippen LogP contribution in [-0.4, -0.2) is 14.8 Å². The Morgan fingerprint density at radius 2 is 2.06 bits per heavy atom. The molecule has 5 heteroatoms. The first kappa shape index (κ1) is 11.0. The van der Waals surface area contributed by atoms with Crippen LogP contribution in [0.25, 0.3) is 0 Å². The smallest absolute Gasteiger partial charge is 0.273 e. The van der Waals surface area contributed by atoms with Crippen LogP contribution in [0.3, 0.4) is 0 Å². The van der Waals surface area contributed by atoms with Gasteiger partial charge >= 0.3 is 5.69 Å². The van der Waals surface area contributed by atoms with E-state index in [-0.39, 0.29) is 5.69 Å². The van der Waals surface area contributed by atoms with Gasteiger partial charge in [0.2, 0.25) is 0 Å². The summed E-state index contributed by atoms with van der Waals surface area (Å²) in [5.41, 5.74) is 2.30. The van der Waals surface area contributed by atoms with Gasteiger partial charge in [0.15, 0.2) is 5.16 Å². The van der Waals surface area contributed by atoms with Gasteiger partial charge in [-0.15, -0.1) is 5.10 Å². The standard InChI is InChI=1S/C11H13N3OS/c1-8-3-5-9(6-4-8)7-16-11-13-12-10(15)14(11)2/h3-6H,7H2,1-2H3,(H,12,15). The quantitative estimate of drug-likeness (QED) is 0.824. The minimum absolute atomic E-state index is 0.175. The number of aryl methyl sites for hydroxylation is 1. The van der Waals surface area contributed by atoms with Crippen LogP contribution in [0, 0.1) is 6.92 Å². The molecule has 1 aromatic heterocycles. The SMILES string of the molecule is Cc1ccc(CSc2n[nH]c(=O)n2C)cc1. The molecule has 1 aromatic carbocycles. The molecule has 4 nitrogen and oxygen atoms in total. The van der Waals surface area contributed by atoms with E-state index in [1.807, 2.05) is 0 Å². The van der Waals surface area contributed by atoms with Gasteiger partial charge in [-0.3, -0.25) is 4.57 Å². The van der Waals surface area contributed by atoms with Crippen LogP contribution >= 0.6 is 11.8 Å². The van der Waals surface area contributed by atoms with Gasteiger partial charge in [0.25, 0.3) is 0 Å². The topological polar surface area (TPSA) is 50.7 Å². The number of rotatable bonds is 3. The van der Waals surface area contributed by atoms with E-state index in [0.29, 0.717) is 5.16 Å². The van der Waals surface area contributed by atoms with E-state index in [9.17, 15) is 4.79 Å². The van der Waals surface area contributed by atoms with Crippen molar-refractivity contribution < 1.29 is 0 Å². The Morgan fingerprint density at radius 3 is 2.62 bits per heavy atom. The molecule has 2 aromatic rings. The molecule has 2 rings (SSSR count). The summed E-state index contributed by atoms with van der Waals surface area (Å²) in [6.45, 7) is 2.06. The fourth-order valence-electron chi connectivity index (χ4n) is 1.29. The van der Waals surface area contributed by atoms with Gasteiger partial charge < -0.3 is 0 Å². The van der Waals surface area contributed by atoms with Crippen molar-refractivity contribution in [3.05, 3.63) is 45.9 Å². The molecule has 0 aliphatic carbocycles. The number of H-pyrrole nitrogens is 1. The third-order valence-electron chi connectivity index (χ3n) is 2.33. The van der Waals surface area contributed by atoms with Gasteiger partial charge in [0.05, 0.1) is 0 Å². The third-order valence-corrected chi connectivity index (χ3v) is 3.43. The highest BCUT2D eigenvalue weighted by Crippen LogP contribution is 2.18. The zero-order valence-electron chi connectivity index (χ0n) is 9.23. The lowest BCUT2D eigenvalue weighted by Gasteiger charge is -2.01. The van der Waals surface area contributed by atoms with Crippen LogP contribution < -0.4 is 5.69 Å². The highest BCUT2D eigenvalue weighted by Gasteiger charge is 2.04. The van der Waals surface area contributed by atoms with Crippen molar-refractivity contribution in [3.8, 4) is 0 Å². The molecule has 0 saturated carbocycles. The van der Waals surface area contributed by atoms with E-state index in [4.69, 9.17) is 0 Å². The lowest BCUT2D eigenvalue weighted by atomic mass is 10.2. The second kappa shape index (κ2) is 4.57. The molecular formula is C11H13N3OS. The Morgan fingerprint density at radius 1 is 1.38 bits per heavy atom. The summed E-state index contributed by atoms with van der Waals surface area (Å²) < 4.78 is 1.51. The summed E-state index contributed by atoms with van der Waals surface area (Å²) in [6, 6.07) is 8.35. The molecule has 0 aliphatic rings. The Balaban J connectivity index is 2.05. The molecule has 1 N–H and O–H groups in total. The van der Waals surface area contributed by atoms with Crippen LogP contribution in [0.5, 0.6) is 0 Å². The maximum Gasteiger partial charge on any atom is 0.343 e. The summed E-state index contributed by atoms with van der Waals surface area (Å²) in [4.78, 5) is 11.1. The molecule has 0 radical (unpaired) electrons. The summed E-state index contributed by atoms with van der Waals surface area (Å²) in [6.07, 6.45) is 0. The lowest BCUT2D eigenvalue weighted by Crippen LogP contribution is -2.12. The van der Waals surface area contributed by atoms with Gasteiger partial charge in [-0.05, 0) is 12.5 Å². The average Bonchev–Trinajstić information content (AvgIpc) is 2.60. The van der Waals surface area contributed by atoms with E-state index in [0.717, 1.165) is 5.75 Å². The lowest BCUT2D eigenvalue weighted by molar-refractivity contribution is 0.766. The molecule has 0 bridgehead atoms. The monoisotopic (exact) mass is 235 g/mol. The van der Waals surface area contributed by atoms with Crippen molar-refractivity contribution in [1.82, 2.24) is 14.8 Å². The van der Waals surface area contributed by atoms with E-state index in [1.165, 1.54) is 15.7 Å². The van der Waals surface area contributed by atoms with Gasteiger partial charge in [-0.25, -0.2) is 9.89 Å². The summed E-state index contributed by atoms with van der Waals surface area (Å²) in [7, 11) is 1.71. The number of aromatic amines is 1. The van der Waals surface area contributed by atoms with Crippen molar-refractivity contribution in [2.24, 2.45) is 7.05 Å². The zero-order valence-corrected chi connectivity index (χ0v) is 10.0. The number of hydrogen-bond acceptors (Lipinski definition) is 3. The number of aromatic nitrogens is 3. The predicted octanol–water partition coefficient (Wildman–Crippen LogP) is 1.71. The first-order chi connectivity index (χ1) is 7.66. The second-order valence-electron chi connectivity index (χ2n) is 3.64. The number of hydrogen-bond donors (Lipinski definition) is 1. The highest BCUT2D eigenvalue weighted by molar-refractivity contribution is 7.98. The van der Waals surface area contributed by atoms with Crippen LogP contribution in [0.1, 0.15) is 11.1 Å². The fourth-order valence-corrected chi connectivity index (χ4v) is 2.17. The molecule has 0 spiro atoms. The molecule has 0 atom stereocenters. The molecule has 16 heavy (non-hydrogen) atoms. The first-order valence-corrected chi connectivity index (χ1v) is 5.95. The fraction of sp³-hybridized carbons (Fsp3) is 0.273. The predicted molar refractivity (Wildman–Crippen MR) is 64.6 cm³/mol. The first-order valence-electron chi connectivity index (χ1n) is 4.96. The molecular weight excluding hydrogens is 222 g/mol. The Bertz CT molecular complexity index is 527. The van der Waals surface area contributed by atoms with Crippen molar-refractivity contribution in [1.29, 1.82) is 0 Å². The van der Waals surface area contributed by atoms with Gasteiger partial charge in [-0.2, -0.15) is 0 Å². The number of nitrogens with one attached hydrogen (secondary N) is 1. The molecule has 0 amide bonds. The van der Waals surface area contributed by atoms with Gasteiger partial charge in [0, 0.05) is 12.8 Å². The normalized spacial score (nSPS) is 10.6. The number of benzene rings is 1. The highest BCUT2D eigenvalue weighted by atomic mass is 32.2. The van der Waals surface area contributed by atoms with E-state index >= 15 is 0 Å². The third kappa shape index (κ3) is 2.36. The van der Waals surface area contributed by atoms with E-state index in [2.05, 4.69) is 41.4 Å². The summed E-state index contributed by atoms with van der Waals surface area (Å²) >= 11 is 1.55. The molecule has 1 heterocycles. The summed E-state index contributed by atoms with van der Waals surface area (Å²) in [5.74, 6) is 0.818. The van der Waals surface area contributed by atoms with E-state index in [1.54, 1.807) is 18.8 Å². The van der Waals surface area contributed by atoms with Crippen molar-refractivity contribution in [2.45, 2.75) is 17.8 Å². The summed E-state index contributed by atoms with van der Waals surface area (Å²) in [5, 5.41) is 7.07. The van der Waals surface area contributed by atoms with Crippen molar-refractivity contribution in [3.63, 3.8) is 0 Å². The Labute approximate surface area is 97.7 Å². The minimum Gasteiger partial charge on any atom is -0.273 e. The molecule has 0 saturated heterocycles. The number of nitrogens with zero attached hydrogens (tertiary/aromatic N) is 2. The van der Waals surface area contributed by atoms with Gasteiger partial charge in [0.1, 0.15) is 0 Å². The van der Waals surface area contributed by atoms with E-state index < -0.39 is 0 Å². The van der Waals surface area contributed by atoms with Crippen LogP contribution in [0.4, 0.5) is 0 Å². The van der Waals surface area contributed by atoms with Crippen LogP contribution in [0.2, 0.25) is 0 Å². The largest absolute Gasteiger partial charge is 0.343 e. The van der Waals surface area contributed by atoms with Crippen LogP contribution in [-0.2, 0) is 12.8 Å². The van der Waals surface area contributed by atoms with Crippen molar-refractivity contribution >= 4 is 11.8 Å². The Hall–Kier alpha value is -1.49. The second-order valence-corrected chi connectivity index (χ2v) is 4.59. The van der Waals surface area contributed by atoms with Crippen molar-refractivity contribution in [2.75, 3.05) is 0 Å². The molecule has 84 valence electrons.